The van der Waals surface area contributed by atoms with E-state index in [0.29, 0.717) is 0 Å². The van der Waals surface area contributed by atoms with E-state index in [1.54, 1.807) is 7.11 Å². The van der Waals surface area contributed by atoms with Crippen LogP contribution in [0.3, 0.4) is 0 Å². The minimum atomic E-state index is 0.812. The summed E-state index contributed by atoms with van der Waals surface area (Å²) < 4.78 is 5.40. The molecule has 4 aromatic carbocycles. The van der Waals surface area contributed by atoms with Gasteiger partial charge in [0.2, 0.25) is 0 Å². The molecule has 0 fully saturated rings. The lowest BCUT2D eigenvalue weighted by Crippen LogP contribution is -1.86. The van der Waals surface area contributed by atoms with Gasteiger partial charge in [-0.25, -0.2) is 4.98 Å². The third-order valence-electron chi connectivity index (χ3n) is 5.15. The third-order valence-corrected chi connectivity index (χ3v) is 5.15. The summed E-state index contributed by atoms with van der Waals surface area (Å²) in [7, 11) is 1.68. The van der Waals surface area contributed by atoms with E-state index >= 15 is 0 Å². The average Bonchev–Trinajstić information content (AvgIpc) is 3.25. The molecule has 0 saturated carbocycles. The first-order valence-corrected chi connectivity index (χ1v) is 9.61. The number of hydrogen-bond donors (Lipinski definition) is 1. The van der Waals surface area contributed by atoms with Crippen LogP contribution in [0.4, 0.5) is 0 Å². The molecular formula is C26H20N2O. The Labute approximate surface area is 169 Å². The van der Waals surface area contributed by atoms with Crippen molar-refractivity contribution >= 4 is 10.8 Å². The minimum absolute atomic E-state index is 0.812. The molecule has 0 radical (unpaired) electrons. The summed E-state index contributed by atoms with van der Waals surface area (Å²) in [6.45, 7) is 0. The second kappa shape index (κ2) is 7.28. The summed E-state index contributed by atoms with van der Waals surface area (Å²) in [5, 5.41) is 2.41. The molecule has 1 N–H and O–H groups in total. The number of imidazole rings is 1. The van der Waals surface area contributed by atoms with Crippen LogP contribution in [-0.4, -0.2) is 17.1 Å². The molecular weight excluding hydrogens is 356 g/mol. The normalized spacial score (nSPS) is 10.9. The van der Waals surface area contributed by atoms with Crippen LogP contribution in [0.15, 0.2) is 97.1 Å². The molecule has 0 unspecified atom stereocenters. The predicted molar refractivity (Wildman–Crippen MR) is 119 cm³/mol. The second-order valence-corrected chi connectivity index (χ2v) is 6.93. The Morgan fingerprint density at radius 3 is 2.31 bits per heavy atom. The number of rotatable bonds is 4. The summed E-state index contributed by atoms with van der Waals surface area (Å²) in [5.41, 5.74) is 5.18. The van der Waals surface area contributed by atoms with Gasteiger partial charge in [-0.2, -0.15) is 0 Å². The van der Waals surface area contributed by atoms with Gasteiger partial charge in [-0.15, -0.1) is 0 Å². The molecule has 0 aliphatic heterocycles. The number of methoxy groups -OCH3 is 1. The molecule has 5 aromatic rings. The van der Waals surface area contributed by atoms with Gasteiger partial charge in [0.15, 0.2) is 0 Å². The zero-order valence-electron chi connectivity index (χ0n) is 16.1. The zero-order valence-corrected chi connectivity index (χ0v) is 16.1. The Balaban J connectivity index is 1.76. The number of fused-ring (bicyclic) bond motifs is 1. The summed E-state index contributed by atoms with van der Waals surface area (Å²) >= 11 is 0. The smallest absolute Gasteiger partial charge is 0.138 e. The summed E-state index contributed by atoms with van der Waals surface area (Å²) in [4.78, 5) is 8.59. The number of hydrogen-bond acceptors (Lipinski definition) is 2. The molecule has 1 aromatic heterocycles. The monoisotopic (exact) mass is 376 g/mol. The van der Waals surface area contributed by atoms with E-state index in [1.807, 2.05) is 42.5 Å². The fraction of sp³-hybridized carbons (Fsp3) is 0.0385. The van der Waals surface area contributed by atoms with Gasteiger partial charge in [-0.1, -0.05) is 84.9 Å². The maximum absolute atomic E-state index is 5.40. The molecule has 0 saturated heterocycles. The maximum atomic E-state index is 5.40. The Kier molecular flexibility index (Phi) is 4.34. The van der Waals surface area contributed by atoms with Gasteiger partial charge in [0, 0.05) is 16.7 Å². The van der Waals surface area contributed by atoms with Crippen LogP contribution >= 0.6 is 0 Å². The Morgan fingerprint density at radius 1 is 0.724 bits per heavy atom. The zero-order chi connectivity index (χ0) is 19.6. The highest BCUT2D eigenvalue weighted by atomic mass is 16.5. The van der Waals surface area contributed by atoms with Gasteiger partial charge in [0.05, 0.1) is 18.5 Å². The van der Waals surface area contributed by atoms with E-state index in [9.17, 15) is 0 Å². The van der Waals surface area contributed by atoms with Crippen molar-refractivity contribution < 1.29 is 4.74 Å². The molecule has 140 valence electrons. The van der Waals surface area contributed by atoms with Crippen LogP contribution in [0, 0.1) is 0 Å². The lowest BCUT2D eigenvalue weighted by Gasteiger charge is -2.07. The molecule has 0 aliphatic rings. The first-order chi connectivity index (χ1) is 14.3. The van der Waals surface area contributed by atoms with Crippen molar-refractivity contribution in [2.24, 2.45) is 0 Å². The van der Waals surface area contributed by atoms with E-state index < -0.39 is 0 Å². The summed E-state index contributed by atoms with van der Waals surface area (Å²) in [5.74, 6) is 1.64. The molecule has 0 bridgehead atoms. The fourth-order valence-corrected chi connectivity index (χ4v) is 3.72. The third kappa shape index (κ3) is 3.17. The van der Waals surface area contributed by atoms with Crippen LogP contribution in [0.5, 0.6) is 5.75 Å². The van der Waals surface area contributed by atoms with Crippen LogP contribution in [-0.2, 0) is 0 Å². The topological polar surface area (TPSA) is 37.9 Å². The molecule has 29 heavy (non-hydrogen) atoms. The highest BCUT2D eigenvalue weighted by molar-refractivity contribution is 5.99. The average molecular weight is 376 g/mol. The molecule has 0 atom stereocenters. The van der Waals surface area contributed by atoms with Gasteiger partial charge < -0.3 is 9.72 Å². The van der Waals surface area contributed by atoms with Gasteiger partial charge >= 0.3 is 0 Å². The Bertz CT molecular complexity index is 1280. The molecule has 3 nitrogen and oxygen atoms in total. The van der Waals surface area contributed by atoms with Crippen molar-refractivity contribution in [3.8, 4) is 39.7 Å². The largest absolute Gasteiger partial charge is 0.497 e. The lowest BCUT2D eigenvalue weighted by atomic mass is 9.99. The first-order valence-electron chi connectivity index (χ1n) is 9.61. The Hall–Kier alpha value is -3.85. The van der Waals surface area contributed by atoms with E-state index in [0.717, 1.165) is 39.7 Å². The number of nitrogens with one attached hydrogen (secondary N) is 1. The number of H-pyrrole nitrogens is 1. The van der Waals surface area contributed by atoms with Crippen molar-refractivity contribution in [1.29, 1.82) is 0 Å². The first kappa shape index (κ1) is 17.3. The Morgan fingerprint density at radius 2 is 1.45 bits per heavy atom. The van der Waals surface area contributed by atoms with Crippen LogP contribution in [0.1, 0.15) is 0 Å². The van der Waals surface area contributed by atoms with Crippen molar-refractivity contribution in [2.75, 3.05) is 7.11 Å². The second-order valence-electron chi connectivity index (χ2n) is 6.93. The summed E-state index contributed by atoms with van der Waals surface area (Å²) in [6.07, 6.45) is 0. The standard InChI is InChI=1S/C26H20N2O/c1-29-21-14-7-13-20(17-21)26-27-24(19-10-3-2-4-11-19)25(28-26)23-16-8-12-18-9-5-6-15-22(18)23/h2-17H,1H3,(H,27,28). The van der Waals surface area contributed by atoms with Crippen molar-refractivity contribution in [1.82, 2.24) is 9.97 Å². The van der Waals surface area contributed by atoms with Crippen molar-refractivity contribution in [3.05, 3.63) is 97.1 Å². The van der Waals surface area contributed by atoms with Crippen LogP contribution in [0.25, 0.3) is 44.7 Å². The molecule has 3 heteroatoms. The van der Waals surface area contributed by atoms with Crippen molar-refractivity contribution in [2.45, 2.75) is 0 Å². The van der Waals surface area contributed by atoms with E-state index in [4.69, 9.17) is 9.72 Å². The molecule has 1 heterocycles. The highest BCUT2D eigenvalue weighted by Gasteiger charge is 2.17. The van der Waals surface area contributed by atoms with Crippen LogP contribution < -0.4 is 4.74 Å². The number of aromatic nitrogens is 2. The quantitative estimate of drug-likeness (QED) is 0.385. The van der Waals surface area contributed by atoms with Gasteiger partial charge in [0.25, 0.3) is 0 Å². The van der Waals surface area contributed by atoms with Gasteiger partial charge in [0.1, 0.15) is 11.6 Å². The molecule has 5 rings (SSSR count). The minimum Gasteiger partial charge on any atom is -0.497 e. The predicted octanol–water partition coefficient (Wildman–Crippen LogP) is 6.57. The molecule has 0 spiro atoms. The number of aromatic amines is 1. The van der Waals surface area contributed by atoms with E-state index in [2.05, 4.69) is 59.6 Å². The number of benzene rings is 4. The number of nitrogens with zero attached hydrogens (tertiary/aromatic N) is 1. The highest BCUT2D eigenvalue weighted by Crippen LogP contribution is 2.36. The summed E-state index contributed by atoms with van der Waals surface area (Å²) in [6, 6.07) is 33.1. The van der Waals surface area contributed by atoms with Gasteiger partial charge in [-0.05, 0) is 22.9 Å². The van der Waals surface area contributed by atoms with Crippen molar-refractivity contribution in [3.63, 3.8) is 0 Å². The van der Waals surface area contributed by atoms with Gasteiger partial charge in [-0.3, -0.25) is 0 Å². The van der Waals surface area contributed by atoms with E-state index in [-0.39, 0.29) is 0 Å². The van der Waals surface area contributed by atoms with E-state index in [1.165, 1.54) is 10.8 Å². The molecule has 0 aliphatic carbocycles. The fourth-order valence-electron chi connectivity index (χ4n) is 3.72. The maximum Gasteiger partial charge on any atom is 0.138 e. The van der Waals surface area contributed by atoms with Crippen LogP contribution in [0.2, 0.25) is 0 Å². The number of ether oxygens (including phenoxy) is 1. The lowest BCUT2D eigenvalue weighted by molar-refractivity contribution is 0.415. The molecule has 0 amide bonds. The SMILES string of the molecule is COc1cccc(-c2nc(-c3ccccc3)c(-c3cccc4ccccc34)[nH]2)c1.